The molecule has 2 saturated heterocycles. The van der Waals surface area contributed by atoms with Crippen molar-refractivity contribution < 1.29 is 14.5 Å². The number of hydrogen-bond acceptors (Lipinski definition) is 6. The molecule has 3 aromatic carbocycles. The lowest BCUT2D eigenvalue weighted by molar-refractivity contribution is -0.384. The first-order chi connectivity index (χ1) is 16.9. The fourth-order valence-corrected chi connectivity index (χ4v) is 7.45. The molecular weight excluding hydrogens is 462 g/mol. The number of aryl methyl sites for hydroxylation is 1. The molecule has 1 spiro atoms. The molecule has 35 heavy (non-hydrogen) atoms. The molecule has 8 heteroatoms. The zero-order valence-electron chi connectivity index (χ0n) is 19.0. The van der Waals surface area contributed by atoms with Gasteiger partial charge in [-0.3, -0.25) is 24.6 Å². The monoisotopic (exact) mass is 485 g/mol. The molecule has 6 rings (SSSR count). The van der Waals surface area contributed by atoms with E-state index in [1.807, 2.05) is 55.5 Å². The number of nitro groups is 1. The van der Waals surface area contributed by atoms with Crippen molar-refractivity contribution in [3.63, 3.8) is 0 Å². The van der Waals surface area contributed by atoms with Crippen LogP contribution < -0.4 is 5.32 Å². The van der Waals surface area contributed by atoms with Crippen molar-refractivity contribution in [1.82, 2.24) is 4.90 Å². The number of fused-ring (bicyclic) bond motifs is 4. The summed E-state index contributed by atoms with van der Waals surface area (Å²) >= 11 is 1.75. The number of thioether (sulfide) groups is 1. The number of carbonyl (C=O) groups excluding carboxylic acids is 2. The van der Waals surface area contributed by atoms with Crippen LogP contribution >= 0.6 is 11.8 Å². The SMILES string of the molecule is Cc1ccc(C(=O)[C@@H]2[C@@H](c3ccc([N+](=O)[O-])cc3)[C@@H]3CSCN3[C@@]23C(=O)Nc2ccccc23)cc1. The van der Waals surface area contributed by atoms with Gasteiger partial charge in [-0.15, -0.1) is 11.8 Å². The lowest BCUT2D eigenvalue weighted by atomic mass is 9.69. The molecule has 2 fully saturated rings. The van der Waals surface area contributed by atoms with Gasteiger partial charge in [-0.05, 0) is 18.6 Å². The number of amides is 1. The molecule has 3 aliphatic rings. The number of para-hydroxylation sites is 1. The third-order valence-electron chi connectivity index (χ3n) is 7.64. The first-order valence-electron chi connectivity index (χ1n) is 11.5. The van der Waals surface area contributed by atoms with Gasteiger partial charge in [0.2, 0.25) is 5.91 Å². The maximum absolute atomic E-state index is 14.3. The summed E-state index contributed by atoms with van der Waals surface area (Å²) in [5, 5.41) is 14.3. The Bertz CT molecular complexity index is 1360. The lowest BCUT2D eigenvalue weighted by Gasteiger charge is -2.36. The van der Waals surface area contributed by atoms with E-state index >= 15 is 0 Å². The normalized spacial score (nSPS) is 27.0. The van der Waals surface area contributed by atoms with Crippen LogP contribution in [0.25, 0.3) is 0 Å². The lowest BCUT2D eigenvalue weighted by Crippen LogP contribution is -2.52. The Labute approximate surface area is 206 Å². The Morgan fingerprint density at radius 3 is 2.51 bits per heavy atom. The number of rotatable bonds is 4. The molecule has 1 amide bonds. The summed E-state index contributed by atoms with van der Waals surface area (Å²) in [6, 6.07) is 21.5. The van der Waals surface area contributed by atoms with E-state index in [9.17, 15) is 19.7 Å². The van der Waals surface area contributed by atoms with Crippen LogP contribution in [0.1, 0.15) is 33.0 Å². The summed E-state index contributed by atoms with van der Waals surface area (Å²) in [5.41, 5.74) is 2.89. The smallest absolute Gasteiger partial charge is 0.269 e. The number of nitrogens with zero attached hydrogens (tertiary/aromatic N) is 2. The fourth-order valence-electron chi connectivity index (χ4n) is 6.12. The van der Waals surface area contributed by atoms with Gasteiger partial charge in [0.25, 0.3) is 5.69 Å². The predicted octanol–water partition coefficient (Wildman–Crippen LogP) is 4.72. The highest BCUT2D eigenvalue weighted by molar-refractivity contribution is 7.99. The Balaban J connectivity index is 1.58. The van der Waals surface area contributed by atoms with Gasteiger partial charge >= 0.3 is 0 Å². The van der Waals surface area contributed by atoms with Crippen LogP contribution in [0, 0.1) is 23.0 Å². The highest BCUT2D eigenvalue weighted by Crippen LogP contribution is 2.61. The van der Waals surface area contributed by atoms with Gasteiger partial charge in [0.1, 0.15) is 5.54 Å². The third kappa shape index (κ3) is 3.10. The fraction of sp³-hybridized carbons (Fsp3) is 0.259. The molecule has 0 aromatic heterocycles. The summed E-state index contributed by atoms with van der Waals surface area (Å²) < 4.78 is 0. The highest BCUT2D eigenvalue weighted by atomic mass is 32.2. The number of anilines is 1. The molecule has 0 saturated carbocycles. The molecular formula is C27H23N3O4S. The number of carbonyl (C=O) groups is 2. The van der Waals surface area contributed by atoms with Crippen molar-refractivity contribution >= 4 is 34.8 Å². The van der Waals surface area contributed by atoms with E-state index in [4.69, 9.17) is 0 Å². The standard InChI is InChI=1S/C27H23N3O4S/c1-16-6-8-18(9-7-16)25(31)24-23(17-10-12-19(13-11-17)30(33)34)22-14-35-15-29(22)27(24)20-4-2-3-5-21(20)28-26(27)32/h2-13,22-24H,14-15H2,1H3,(H,28,32)/t22-,23-,24-,27+/m0/s1. The third-order valence-corrected chi connectivity index (χ3v) is 8.67. The van der Waals surface area contributed by atoms with E-state index in [0.717, 1.165) is 28.1 Å². The molecule has 3 aliphatic heterocycles. The number of ketones is 1. The van der Waals surface area contributed by atoms with Crippen molar-refractivity contribution in [1.29, 1.82) is 0 Å². The second kappa shape index (κ2) is 8.03. The minimum atomic E-state index is -1.14. The molecule has 0 bridgehead atoms. The van der Waals surface area contributed by atoms with Gasteiger partial charge in [-0.2, -0.15) is 0 Å². The van der Waals surface area contributed by atoms with Gasteiger partial charge in [0.05, 0.1) is 10.8 Å². The average Bonchev–Trinajstić information content (AvgIpc) is 3.52. The van der Waals surface area contributed by atoms with E-state index in [1.165, 1.54) is 12.1 Å². The summed E-state index contributed by atoms with van der Waals surface area (Å²) in [6.45, 7) is 1.97. The van der Waals surface area contributed by atoms with Crippen molar-refractivity contribution in [3.8, 4) is 0 Å². The minimum Gasteiger partial charge on any atom is -0.324 e. The number of nitro benzene ring substituents is 1. The number of Topliss-reactive ketones (excluding diaryl/α,β-unsaturated/α-hetero) is 1. The average molecular weight is 486 g/mol. The van der Waals surface area contributed by atoms with Crippen molar-refractivity contribution in [2.45, 2.75) is 24.4 Å². The van der Waals surface area contributed by atoms with Gasteiger partial charge in [0, 0.05) is 52.5 Å². The number of nitrogens with one attached hydrogen (secondary N) is 1. The van der Waals surface area contributed by atoms with Crippen molar-refractivity contribution in [2.75, 3.05) is 16.9 Å². The molecule has 1 N–H and O–H groups in total. The van der Waals surface area contributed by atoms with Crippen molar-refractivity contribution in [3.05, 3.63) is 105 Å². The van der Waals surface area contributed by atoms with Gasteiger partial charge in [0.15, 0.2) is 5.78 Å². The number of non-ortho nitro benzene ring substituents is 1. The summed E-state index contributed by atoms with van der Waals surface area (Å²) in [6.07, 6.45) is 0. The van der Waals surface area contributed by atoms with E-state index in [2.05, 4.69) is 10.2 Å². The summed E-state index contributed by atoms with van der Waals surface area (Å²) in [7, 11) is 0. The van der Waals surface area contributed by atoms with Crippen LogP contribution in [0.15, 0.2) is 72.8 Å². The topological polar surface area (TPSA) is 92.5 Å². The first-order valence-corrected chi connectivity index (χ1v) is 12.7. The molecule has 0 aliphatic carbocycles. The molecule has 0 radical (unpaired) electrons. The summed E-state index contributed by atoms with van der Waals surface area (Å²) in [5.74, 6) is 0.169. The maximum Gasteiger partial charge on any atom is 0.269 e. The molecule has 176 valence electrons. The Morgan fingerprint density at radius 1 is 1.09 bits per heavy atom. The van der Waals surface area contributed by atoms with E-state index < -0.39 is 16.4 Å². The maximum atomic E-state index is 14.3. The first kappa shape index (κ1) is 22.0. The van der Waals surface area contributed by atoms with Crippen LogP contribution in [0.2, 0.25) is 0 Å². The second-order valence-electron chi connectivity index (χ2n) is 9.39. The van der Waals surface area contributed by atoms with Crippen LogP contribution in [-0.4, -0.2) is 39.2 Å². The van der Waals surface area contributed by atoms with Gasteiger partial charge in [-0.25, -0.2) is 0 Å². The van der Waals surface area contributed by atoms with Crippen LogP contribution in [0.4, 0.5) is 11.4 Å². The highest BCUT2D eigenvalue weighted by Gasteiger charge is 2.69. The van der Waals surface area contributed by atoms with Gasteiger partial charge in [-0.1, -0.05) is 60.2 Å². The van der Waals surface area contributed by atoms with Crippen LogP contribution in [-0.2, 0) is 10.3 Å². The molecule has 4 atom stereocenters. The molecule has 0 unspecified atom stereocenters. The Hall–Kier alpha value is -3.49. The molecule has 3 heterocycles. The predicted molar refractivity (Wildman–Crippen MR) is 135 cm³/mol. The Kier molecular flexibility index (Phi) is 5.05. The van der Waals surface area contributed by atoms with E-state index in [1.54, 1.807) is 23.9 Å². The van der Waals surface area contributed by atoms with Gasteiger partial charge < -0.3 is 5.32 Å². The number of benzene rings is 3. The van der Waals surface area contributed by atoms with E-state index in [-0.39, 0.29) is 29.3 Å². The van der Waals surface area contributed by atoms with Crippen LogP contribution in [0.3, 0.4) is 0 Å². The van der Waals surface area contributed by atoms with Crippen molar-refractivity contribution in [2.24, 2.45) is 5.92 Å². The largest absolute Gasteiger partial charge is 0.324 e. The van der Waals surface area contributed by atoms with Crippen LogP contribution in [0.5, 0.6) is 0 Å². The Morgan fingerprint density at radius 2 is 1.80 bits per heavy atom. The minimum absolute atomic E-state index is 0.00415. The summed E-state index contributed by atoms with van der Waals surface area (Å²) in [4.78, 5) is 41.3. The zero-order valence-corrected chi connectivity index (χ0v) is 19.8. The molecule has 7 nitrogen and oxygen atoms in total. The van der Waals surface area contributed by atoms with E-state index in [0.29, 0.717) is 11.4 Å². The number of hydrogen-bond donors (Lipinski definition) is 1. The quantitative estimate of drug-likeness (QED) is 0.327. The second-order valence-corrected chi connectivity index (χ2v) is 10.4. The molecule has 3 aromatic rings. The zero-order chi connectivity index (χ0) is 24.3.